The lowest BCUT2D eigenvalue weighted by atomic mass is 9.96. The van der Waals surface area contributed by atoms with Gasteiger partial charge in [0, 0.05) is 13.1 Å². The van der Waals surface area contributed by atoms with Crippen molar-refractivity contribution in [3.8, 4) is 0 Å². The molecule has 3 aliphatic heterocycles. The number of carbonyl (C=O) groups excluding carboxylic acids is 3. The predicted octanol–water partition coefficient (Wildman–Crippen LogP) is 0.336. The van der Waals surface area contributed by atoms with Crippen molar-refractivity contribution in [2.45, 2.75) is 83.0 Å². The molecule has 30 heavy (non-hydrogen) atoms. The summed E-state index contributed by atoms with van der Waals surface area (Å²) in [5.41, 5.74) is 0. The van der Waals surface area contributed by atoms with E-state index in [1.54, 1.807) is 4.90 Å². The number of rotatable bonds is 7. The molecule has 0 bridgehead atoms. The molecule has 0 aliphatic carbocycles. The van der Waals surface area contributed by atoms with Crippen LogP contribution in [0.25, 0.3) is 0 Å². The van der Waals surface area contributed by atoms with Crippen molar-refractivity contribution in [2.24, 2.45) is 5.92 Å². The van der Waals surface area contributed by atoms with Gasteiger partial charge in [-0.25, -0.2) is 4.79 Å². The molecule has 3 saturated heterocycles. The van der Waals surface area contributed by atoms with E-state index >= 15 is 0 Å². The molecular formula is C21H34N4O5. The molecule has 0 spiro atoms. The molecule has 0 aromatic rings. The fraction of sp³-hybridized carbons (Fsp3) is 0.810. The third-order valence-electron chi connectivity index (χ3n) is 6.79. The summed E-state index contributed by atoms with van der Waals surface area (Å²) in [5.74, 6) is -1.84. The SMILES string of the molecule is CCC(C)C(NC(=O)C1CCCN1C(=O)C1CCCN1)C(=O)N1CCCC1C(=O)O. The minimum Gasteiger partial charge on any atom is -0.480 e. The summed E-state index contributed by atoms with van der Waals surface area (Å²) in [5, 5.41) is 15.5. The third-order valence-corrected chi connectivity index (χ3v) is 6.79. The molecule has 0 saturated carbocycles. The molecule has 5 unspecified atom stereocenters. The number of aliphatic carboxylic acids is 1. The zero-order valence-electron chi connectivity index (χ0n) is 17.9. The number of likely N-dealkylation sites (tertiary alicyclic amines) is 2. The predicted molar refractivity (Wildman–Crippen MR) is 110 cm³/mol. The second-order valence-corrected chi connectivity index (χ2v) is 8.74. The molecular weight excluding hydrogens is 388 g/mol. The number of carboxylic acid groups (broad SMARTS) is 1. The van der Waals surface area contributed by atoms with E-state index in [9.17, 15) is 24.3 Å². The smallest absolute Gasteiger partial charge is 0.326 e. The summed E-state index contributed by atoms with van der Waals surface area (Å²) in [6.07, 6.45) is 4.81. The number of carbonyl (C=O) groups is 4. The highest BCUT2D eigenvalue weighted by Gasteiger charge is 2.42. The lowest BCUT2D eigenvalue weighted by molar-refractivity contribution is -0.150. The van der Waals surface area contributed by atoms with Crippen molar-refractivity contribution in [1.82, 2.24) is 20.4 Å². The Morgan fingerprint density at radius 3 is 2.30 bits per heavy atom. The minimum atomic E-state index is -1.01. The highest BCUT2D eigenvalue weighted by molar-refractivity contribution is 5.94. The molecule has 3 fully saturated rings. The third kappa shape index (κ3) is 4.61. The lowest BCUT2D eigenvalue weighted by Crippen LogP contribution is -2.58. The van der Waals surface area contributed by atoms with Gasteiger partial charge in [0.1, 0.15) is 18.1 Å². The van der Waals surface area contributed by atoms with Crippen LogP contribution in [-0.4, -0.2) is 82.4 Å². The average Bonchev–Trinajstić information content (AvgIpc) is 3.50. The van der Waals surface area contributed by atoms with Crippen LogP contribution in [0.5, 0.6) is 0 Å². The van der Waals surface area contributed by atoms with Gasteiger partial charge in [0.05, 0.1) is 6.04 Å². The van der Waals surface area contributed by atoms with E-state index in [4.69, 9.17) is 0 Å². The molecule has 168 valence electrons. The fourth-order valence-electron chi connectivity index (χ4n) is 4.80. The van der Waals surface area contributed by atoms with Crippen LogP contribution in [-0.2, 0) is 19.2 Å². The van der Waals surface area contributed by atoms with Gasteiger partial charge in [-0.05, 0) is 51.0 Å². The summed E-state index contributed by atoms with van der Waals surface area (Å²) in [6, 6.07) is -2.43. The Labute approximate surface area is 177 Å². The molecule has 9 nitrogen and oxygen atoms in total. The van der Waals surface area contributed by atoms with Crippen LogP contribution in [0.15, 0.2) is 0 Å². The van der Waals surface area contributed by atoms with E-state index in [1.165, 1.54) is 4.90 Å². The Balaban J connectivity index is 1.71. The number of amides is 3. The van der Waals surface area contributed by atoms with E-state index in [0.717, 1.165) is 25.8 Å². The van der Waals surface area contributed by atoms with Crippen LogP contribution in [0, 0.1) is 5.92 Å². The average molecular weight is 423 g/mol. The summed E-state index contributed by atoms with van der Waals surface area (Å²) in [7, 11) is 0. The molecule has 3 aliphatic rings. The number of hydrogen-bond donors (Lipinski definition) is 3. The van der Waals surface area contributed by atoms with Crippen LogP contribution < -0.4 is 10.6 Å². The Morgan fingerprint density at radius 2 is 1.70 bits per heavy atom. The minimum absolute atomic E-state index is 0.0398. The molecule has 0 radical (unpaired) electrons. The van der Waals surface area contributed by atoms with Crippen molar-refractivity contribution >= 4 is 23.7 Å². The zero-order valence-corrected chi connectivity index (χ0v) is 17.9. The fourth-order valence-corrected chi connectivity index (χ4v) is 4.80. The molecule has 3 N–H and O–H groups in total. The van der Waals surface area contributed by atoms with Crippen LogP contribution in [0.3, 0.4) is 0 Å². The van der Waals surface area contributed by atoms with Crippen LogP contribution >= 0.6 is 0 Å². The molecule has 9 heteroatoms. The van der Waals surface area contributed by atoms with Gasteiger partial charge in [-0.15, -0.1) is 0 Å². The van der Waals surface area contributed by atoms with Gasteiger partial charge >= 0.3 is 5.97 Å². The normalized spacial score (nSPS) is 28.4. The monoisotopic (exact) mass is 422 g/mol. The lowest BCUT2D eigenvalue weighted by Gasteiger charge is -2.32. The van der Waals surface area contributed by atoms with Crippen molar-refractivity contribution < 1.29 is 24.3 Å². The maximum Gasteiger partial charge on any atom is 0.326 e. The summed E-state index contributed by atoms with van der Waals surface area (Å²) < 4.78 is 0. The van der Waals surface area contributed by atoms with Crippen LogP contribution in [0.1, 0.15) is 58.8 Å². The van der Waals surface area contributed by atoms with E-state index in [1.807, 2.05) is 13.8 Å². The highest BCUT2D eigenvalue weighted by atomic mass is 16.4. The summed E-state index contributed by atoms with van der Waals surface area (Å²) >= 11 is 0. The zero-order chi connectivity index (χ0) is 21.8. The topological polar surface area (TPSA) is 119 Å². The van der Waals surface area contributed by atoms with E-state index in [2.05, 4.69) is 10.6 Å². The second-order valence-electron chi connectivity index (χ2n) is 8.74. The first-order chi connectivity index (χ1) is 14.3. The first-order valence-corrected chi connectivity index (χ1v) is 11.2. The standard InChI is InChI=1S/C21H34N4O5/c1-3-13(2)17(20(28)25-12-6-9-16(25)21(29)30)23-18(26)15-8-5-11-24(15)19(27)14-7-4-10-22-14/h13-17,22H,3-12H2,1-2H3,(H,23,26)(H,29,30). The van der Waals surface area contributed by atoms with Gasteiger partial charge in [-0.1, -0.05) is 20.3 Å². The van der Waals surface area contributed by atoms with Gasteiger partial charge in [0.2, 0.25) is 17.7 Å². The van der Waals surface area contributed by atoms with Crippen molar-refractivity contribution in [2.75, 3.05) is 19.6 Å². The number of carboxylic acids is 1. The Kier molecular flexibility index (Phi) is 7.33. The Hall–Kier alpha value is -2.16. The molecule has 0 aromatic heterocycles. The Morgan fingerprint density at radius 1 is 1.03 bits per heavy atom. The van der Waals surface area contributed by atoms with E-state index in [0.29, 0.717) is 38.8 Å². The first-order valence-electron chi connectivity index (χ1n) is 11.2. The maximum atomic E-state index is 13.2. The molecule has 0 aromatic carbocycles. The van der Waals surface area contributed by atoms with Gasteiger partial charge in [0.15, 0.2) is 0 Å². The summed E-state index contributed by atoms with van der Waals surface area (Å²) in [4.78, 5) is 53.7. The first kappa shape index (κ1) is 22.5. The van der Waals surface area contributed by atoms with Gasteiger partial charge in [-0.2, -0.15) is 0 Å². The number of nitrogens with one attached hydrogen (secondary N) is 2. The van der Waals surface area contributed by atoms with Crippen LogP contribution in [0.4, 0.5) is 0 Å². The molecule has 3 heterocycles. The largest absolute Gasteiger partial charge is 0.480 e. The van der Waals surface area contributed by atoms with Crippen LogP contribution in [0.2, 0.25) is 0 Å². The highest BCUT2D eigenvalue weighted by Crippen LogP contribution is 2.24. The number of nitrogens with zero attached hydrogens (tertiary/aromatic N) is 2. The molecule has 5 atom stereocenters. The molecule has 3 amide bonds. The van der Waals surface area contributed by atoms with Gasteiger partial charge in [-0.3, -0.25) is 14.4 Å². The quantitative estimate of drug-likeness (QED) is 0.544. The molecule has 3 rings (SSSR count). The van der Waals surface area contributed by atoms with E-state index < -0.39 is 24.1 Å². The second kappa shape index (κ2) is 9.76. The van der Waals surface area contributed by atoms with Gasteiger partial charge in [0.25, 0.3) is 0 Å². The maximum absolute atomic E-state index is 13.2. The van der Waals surface area contributed by atoms with Crippen molar-refractivity contribution in [3.63, 3.8) is 0 Å². The number of hydrogen-bond acceptors (Lipinski definition) is 5. The van der Waals surface area contributed by atoms with Crippen molar-refractivity contribution in [3.05, 3.63) is 0 Å². The summed E-state index contributed by atoms with van der Waals surface area (Å²) in [6.45, 7) is 5.57. The van der Waals surface area contributed by atoms with E-state index in [-0.39, 0.29) is 29.7 Å². The van der Waals surface area contributed by atoms with Crippen molar-refractivity contribution in [1.29, 1.82) is 0 Å². The Bertz CT molecular complexity index is 678. The van der Waals surface area contributed by atoms with Gasteiger partial charge < -0.3 is 25.5 Å².